The highest BCUT2D eigenvalue weighted by Gasteiger charge is 2.72. The predicted molar refractivity (Wildman–Crippen MR) is 140 cm³/mol. The van der Waals surface area contributed by atoms with Crippen LogP contribution in [0.25, 0.3) is 0 Å². The van der Waals surface area contributed by atoms with Gasteiger partial charge in [0.15, 0.2) is 0 Å². The van der Waals surface area contributed by atoms with Crippen LogP contribution in [0.5, 0.6) is 0 Å². The molecule has 1 aromatic rings. The second kappa shape index (κ2) is 10.9. The first-order valence-electron chi connectivity index (χ1n) is 13.2. The van der Waals surface area contributed by atoms with E-state index in [0.29, 0.717) is 41.9 Å². The number of amides is 3. The van der Waals surface area contributed by atoms with E-state index in [1.807, 2.05) is 19.1 Å². The average Bonchev–Trinajstić information content (AvgIpc) is 3.49. The minimum absolute atomic E-state index is 0.0892. The van der Waals surface area contributed by atoms with Crippen LogP contribution in [0.4, 0.5) is 5.69 Å². The van der Waals surface area contributed by atoms with Gasteiger partial charge in [-0.05, 0) is 44.4 Å². The molecule has 5 atom stereocenters. The molecule has 8 nitrogen and oxygen atoms in total. The van der Waals surface area contributed by atoms with Crippen LogP contribution in [0.3, 0.4) is 0 Å². The monoisotopic (exact) mass is 549 g/mol. The molecule has 1 aliphatic carbocycles. The molecule has 3 fully saturated rings. The smallest absolute Gasteiger partial charge is 0.246 e. The minimum Gasteiger partial charge on any atom is -0.382 e. The number of carbonyl (C=O) groups excluding carboxylic acids is 3. The van der Waals surface area contributed by atoms with E-state index in [2.05, 4.69) is 10.6 Å². The van der Waals surface area contributed by atoms with Gasteiger partial charge in [-0.2, -0.15) is 0 Å². The van der Waals surface area contributed by atoms with Crippen LogP contribution in [0.2, 0.25) is 10.0 Å². The maximum Gasteiger partial charge on any atom is 0.246 e. The molecule has 3 amide bonds. The third-order valence-corrected chi connectivity index (χ3v) is 8.33. The molecule has 0 aromatic heterocycles. The summed E-state index contributed by atoms with van der Waals surface area (Å²) < 4.78 is 11.9. The SMILES string of the molecule is CCOCCCN1C(=O)[C@H]2[C@H](C(=O)Nc3cc(Cl)cc(Cl)c3)[C@H]3C=C[C@@]2(O3)[C@H]1C(=O)NC1CCCCC1. The standard InChI is InChI=1S/C27H33Cl2N3O5/c1-2-36-12-6-11-32-23(25(34)30-18-7-4-3-5-8-18)27-10-9-20(37-27)21(22(27)26(32)35)24(33)31-19-14-16(28)13-17(29)15-19/h9-10,13-15,18,20-23H,2-8,11-12H2,1H3,(H,30,34)(H,31,33)/t20-,21-,22-,23-,27+/m1/s1. The zero-order valence-corrected chi connectivity index (χ0v) is 22.4. The number of carbonyl (C=O) groups is 3. The summed E-state index contributed by atoms with van der Waals surface area (Å²) in [6.07, 6.45) is 8.81. The molecule has 10 heteroatoms. The van der Waals surface area contributed by atoms with Gasteiger partial charge in [0.05, 0.1) is 17.9 Å². The highest BCUT2D eigenvalue weighted by atomic mass is 35.5. The summed E-state index contributed by atoms with van der Waals surface area (Å²) in [5.74, 6) is -2.40. The summed E-state index contributed by atoms with van der Waals surface area (Å²) in [5.41, 5.74) is -0.742. The lowest BCUT2D eigenvalue weighted by Gasteiger charge is -2.34. The van der Waals surface area contributed by atoms with Crippen molar-refractivity contribution in [1.29, 1.82) is 0 Å². The van der Waals surface area contributed by atoms with Crippen molar-refractivity contribution in [1.82, 2.24) is 10.2 Å². The van der Waals surface area contributed by atoms with Gasteiger partial charge in [-0.25, -0.2) is 0 Å². The maximum atomic E-state index is 13.9. The Morgan fingerprint density at radius 1 is 1.14 bits per heavy atom. The van der Waals surface area contributed by atoms with E-state index < -0.39 is 29.6 Å². The molecule has 0 unspecified atom stereocenters. The molecular formula is C27H33Cl2N3O5. The molecule has 1 aromatic carbocycles. The predicted octanol–water partition coefficient (Wildman–Crippen LogP) is 3.96. The van der Waals surface area contributed by atoms with Crippen LogP contribution in [0.1, 0.15) is 45.4 Å². The summed E-state index contributed by atoms with van der Waals surface area (Å²) >= 11 is 12.2. The summed E-state index contributed by atoms with van der Waals surface area (Å²) in [4.78, 5) is 42.7. The number of hydrogen-bond donors (Lipinski definition) is 2. The first-order chi connectivity index (χ1) is 17.8. The molecule has 5 rings (SSSR count). The topological polar surface area (TPSA) is 97.0 Å². The zero-order chi connectivity index (χ0) is 26.2. The third-order valence-electron chi connectivity index (χ3n) is 7.90. The van der Waals surface area contributed by atoms with E-state index in [-0.39, 0.29) is 23.8 Å². The molecule has 3 aliphatic heterocycles. The van der Waals surface area contributed by atoms with Gasteiger partial charge >= 0.3 is 0 Å². The maximum absolute atomic E-state index is 13.9. The quantitative estimate of drug-likeness (QED) is 0.359. The Morgan fingerprint density at radius 3 is 2.57 bits per heavy atom. The second-order valence-electron chi connectivity index (χ2n) is 10.3. The van der Waals surface area contributed by atoms with Crippen molar-refractivity contribution in [3.05, 3.63) is 40.4 Å². The van der Waals surface area contributed by atoms with Crippen LogP contribution < -0.4 is 10.6 Å². The van der Waals surface area contributed by atoms with Crippen molar-refractivity contribution in [3.63, 3.8) is 0 Å². The number of nitrogens with zero attached hydrogens (tertiary/aromatic N) is 1. The van der Waals surface area contributed by atoms with E-state index in [4.69, 9.17) is 32.7 Å². The van der Waals surface area contributed by atoms with Gasteiger partial charge in [0.2, 0.25) is 17.7 Å². The van der Waals surface area contributed by atoms with Crippen molar-refractivity contribution < 1.29 is 23.9 Å². The minimum atomic E-state index is -1.18. The zero-order valence-electron chi connectivity index (χ0n) is 20.9. The van der Waals surface area contributed by atoms with Crippen molar-refractivity contribution in [2.75, 3.05) is 25.1 Å². The molecule has 3 heterocycles. The number of ether oxygens (including phenoxy) is 2. The number of nitrogens with one attached hydrogen (secondary N) is 2. The van der Waals surface area contributed by atoms with E-state index in [9.17, 15) is 14.4 Å². The first kappa shape index (κ1) is 26.5. The van der Waals surface area contributed by atoms with Crippen molar-refractivity contribution in [2.24, 2.45) is 11.8 Å². The molecule has 2 N–H and O–H groups in total. The fourth-order valence-electron chi connectivity index (χ4n) is 6.37. The van der Waals surface area contributed by atoms with Gasteiger partial charge in [0.25, 0.3) is 0 Å². The first-order valence-corrected chi connectivity index (χ1v) is 13.9. The molecule has 37 heavy (non-hydrogen) atoms. The summed E-state index contributed by atoms with van der Waals surface area (Å²) in [7, 11) is 0. The molecule has 1 spiro atoms. The number of fused-ring (bicyclic) bond motifs is 1. The normalized spacial score (nSPS) is 30.6. The van der Waals surface area contributed by atoms with Gasteiger partial charge < -0.3 is 25.0 Å². The Balaban J connectivity index is 1.41. The number of benzene rings is 1. The summed E-state index contributed by atoms with van der Waals surface area (Å²) in [6, 6.07) is 4.02. The largest absolute Gasteiger partial charge is 0.382 e. The van der Waals surface area contributed by atoms with E-state index in [1.54, 1.807) is 23.1 Å². The van der Waals surface area contributed by atoms with Crippen LogP contribution in [-0.2, 0) is 23.9 Å². The van der Waals surface area contributed by atoms with Crippen molar-refractivity contribution >= 4 is 46.6 Å². The van der Waals surface area contributed by atoms with E-state index in [0.717, 1.165) is 25.7 Å². The Labute approximate surface area is 227 Å². The lowest BCUT2D eigenvalue weighted by atomic mass is 9.74. The Kier molecular flexibility index (Phi) is 7.82. The van der Waals surface area contributed by atoms with Gasteiger partial charge in [0, 0.05) is 41.5 Å². The molecule has 4 aliphatic rings. The lowest BCUT2D eigenvalue weighted by molar-refractivity contribution is -0.141. The molecule has 2 saturated heterocycles. The highest BCUT2D eigenvalue weighted by molar-refractivity contribution is 6.35. The number of likely N-dealkylation sites (tertiary alicyclic amines) is 1. The van der Waals surface area contributed by atoms with Crippen LogP contribution in [-0.4, -0.2) is 66.2 Å². The van der Waals surface area contributed by atoms with Crippen LogP contribution in [0.15, 0.2) is 30.4 Å². The summed E-state index contributed by atoms with van der Waals surface area (Å²) in [5, 5.41) is 6.82. The van der Waals surface area contributed by atoms with Crippen molar-refractivity contribution in [2.45, 2.75) is 69.2 Å². The Hall–Kier alpha value is -2.13. The lowest BCUT2D eigenvalue weighted by Crippen LogP contribution is -2.56. The Bertz CT molecular complexity index is 1070. The highest BCUT2D eigenvalue weighted by Crippen LogP contribution is 2.55. The number of rotatable bonds is 9. The molecule has 2 bridgehead atoms. The average molecular weight is 550 g/mol. The fourth-order valence-corrected chi connectivity index (χ4v) is 6.89. The molecule has 1 saturated carbocycles. The number of anilines is 1. The molecule has 0 radical (unpaired) electrons. The van der Waals surface area contributed by atoms with E-state index in [1.165, 1.54) is 6.42 Å². The number of hydrogen-bond acceptors (Lipinski definition) is 5. The number of halogens is 2. The van der Waals surface area contributed by atoms with Gasteiger partial charge in [-0.3, -0.25) is 14.4 Å². The molecular weight excluding hydrogens is 517 g/mol. The van der Waals surface area contributed by atoms with Gasteiger partial charge in [-0.1, -0.05) is 54.6 Å². The summed E-state index contributed by atoms with van der Waals surface area (Å²) in [6.45, 7) is 3.32. The molecule has 200 valence electrons. The van der Waals surface area contributed by atoms with Gasteiger partial charge in [-0.15, -0.1) is 0 Å². The van der Waals surface area contributed by atoms with Crippen molar-refractivity contribution in [3.8, 4) is 0 Å². The Morgan fingerprint density at radius 2 is 1.86 bits per heavy atom. The van der Waals surface area contributed by atoms with E-state index >= 15 is 0 Å². The van der Waals surface area contributed by atoms with Crippen LogP contribution >= 0.6 is 23.2 Å². The fraction of sp³-hybridized carbons (Fsp3) is 0.593. The van der Waals surface area contributed by atoms with Gasteiger partial charge in [0.1, 0.15) is 11.6 Å². The van der Waals surface area contributed by atoms with Crippen LogP contribution in [0, 0.1) is 11.8 Å². The third kappa shape index (κ3) is 5.01. The second-order valence-corrected chi connectivity index (χ2v) is 11.1.